The molecule has 0 radical (unpaired) electrons. The fourth-order valence-electron chi connectivity index (χ4n) is 15.2. The number of allylic oxidation sites excluding steroid dienone is 2. The van der Waals surface area contributed by atoms with E-state index in [1.807, 2.05) is 0 Å². The van der Waals surface area contributed by atoms with Gasteiger partial charge in [0.1, 0.15) is 74.1 Å². The average Bonchev–Trinajstić information content (AvgIpc) is 0.770. The van der Waals surface area contributed by atoms with Crippen molar-refractivity contribution in [2.24, 2.45) is 0 Å². The molecule has 0 spiro atoms. The molecular weight excluding hydrogens is 1350 g/mol. The fourth-order valence-corrected chi connectivity index (χ4v) is 15.2. The van der Waals surface area contributed by atoms with Crippen LogP contribution in [0.25, 0.3) is 0 Å². The summed E-state index contributed by atoms with van der Waals surface area (Å²) in [6, 6.07) is 70.4. The van der Waals surface area contributed by atoms with E-state index in [1.54, 1.807) is 12.2 Å². The molecule has 0 saturated heterocycles. The van der Waals surface area contributed by atoms with Gasteiger partial charge in [-0.05, 0) is 167 Å². The summed E-state index contributed by atoms with van der Waals surface area (Å²) in [5, 5.41) is 10.3. The second-order valence-corrected chi connectivity index (χ2v) is 37.1. The summed E-state index contributed by atoms with van der Waals surface area (Å²) in [7, 11) is 0. The van der Waals surface area contributed by atoms with Crippen LogP contribution in [-0.4, -0.2) is 24.7 Å². The zero-order valence-electron chi connectivity index (χ0n) is 68.5. The third kappa shape index (κ3) is 18.3. The Hall–Kier alpha value is -10.2. The molecule has 2 aliphatic heterocycles. The molecule has 2 heterocycles. The number of carbonyl (C=O) groups excluding carboxylic acids is 1. The second kappa shape index (κ2) is 31.3. The molecule has 1 aliphatic carbocycles. The van der Waals surface area contributed by atoms with Gasteiger partial charge in [-0.25, -0.2) is 0 Å². The second-order valence-electron chi connectivity index (χ2n) is 37.1. The molecule has 8 heteroatoms. The number of ketones is 1. The van der Waals surface area contributed by atoms with Crippen molar-refractivity contribution >= 4 is 11.5 Å². The minimum atomic E-state index is -0.348. The van der Waals surface area contributed by atoms with E-state index in [4.69, 9.17) is 28.4 Å². The van der Waals surface area contributed by atoms with Crippen LogP contribution in [0.4, 0.5) is 0 Å². The highest BCUT2D eigenvalue weighted by atomic mass is 16.5. The third-order valence-corrected chi connectivity index (χ3v) is 21.9. The largest absolute Gasteiger partial charge is 0.488 e. The molecule has 0 unspecified atom stereocenters. The van der Waals surface area contributed by atoms with Gasteiger partial charge in [-0.2, -0.15) is 0 Å². The SMILES string of the molecule is CC(C)(C)c1cc2c3c(c1)Cc1cc(C(C)(C)C)cc(c1OCc1ccccc1)Cc1cc(C(C)(C)C)cc(c1OCc1ccccc1)Cc1cc(C(C)(C)C)cc(c1OCC1=CC(=O)C=C(CO3)C1=N)Cc1cc(C(C)(C)C)cc(c1OCc1ccccc1)Cc1cc(C(C)(C)C)cc(c1OCc1ccccc1)C2. The highest BCUT2D eigenvalue weighted by Gasteiger charge is 2.33. The van der Waals surface area contributed by atoms with Crippen molar-refractivity contribution in [3.63, 3.8) is 0 Å². The van der Waals surface area contributed by atoms with Crippen molar-refractivity contribution in [2.45, 2.75) is 222 Å². The van der Waals surface area contributed by atoms with E-state index in [0.29, 0.717) is 87.6 Å². The van der Waals surface area contributed by atoms with Gasteiger partial charge in [0.2, 0.25) is 0 Å². The Kier molecular flexibility index (Phi) is 22.2. The Bertz CT molecular complexity index is 4540. The van der Waals surface area contributed by atoms with Crippen LogP contribution in [0.5, 0.6) is 34.5 Å². The van der Waals surface area contributed by atoms with Gasteiger partial charge < -0.3 is 33.8 Å². The predicted octanol–water partition coefficient (Wildman–Crippen LogP) is 23.9. The molecule has 10 aromatic carbocycles. The van der Waals surface area contributed by atoms with Crippen molar-refractivity contribution in [3.05, 3.63) is 340 Å². The molecule has 10 aromatic rings. The molecule has 3 aliphatic rings. The van der Waals surface area contributed by atoms with Crippen molar-refractivity contribution < 1.29 is 33.2 Å². The lowest BCUT2D eigenvalue weighted by molar-refractivity contribution is -0.110. The number of nitrogens with one attached hydrogen (secondary N) is 1. The van der Waals surface area contributed by atoms with Crippen LogP contribution in [-0.2, 0) is 102 Å². The summed E-state index contributed by atoms with van der Waals surface area (Å²) >= 11 is 0. The molecule has 0 amide bonds. The Morgan fingerprint density at radius 2 is 0.464 bits per heavy atom. The maximum absolute atomic E-state index is 14.7. The molecule has 0 saturated carbocycles. The molecule has 0 fully saturated rings. The van der Waals surface area contributed by atoms with E-state index in [9.17, 15) is 10.2 Å². The molecule has 1 N–H and O–H groups in total. The van der Waals surface area contributed by atoms with E-state index in [-0.39, 0.29) is 57.2 Å². The minimum Gasteiger partial charge on any atom is -0.488 e. The number of hydrogen-bond acceptors (Lipinski definition) is 8. The maximum atomic E-state index is 14.7. The number of fused-ring (bicyclic) bond motifs is 10. The van der Waals surface area contributed by atoms with E-state index >= 15 is 0 Å². The molecule has 8 nitrogen and oxygen atoms in total. The number of benzene rings is 10. The summed E-state index contributed by atoms with van der Waals surface area (Å²) in [5.41, 5.74) is 22.3. The van der Waals surface area contributed by atoms with Crippen LogP contribution in [0.1, 0.15) is 247 Å². The van der Waals surface area contributed by atoms with Crippen LogP contribution in [0, 0.1) is 5.41 Å². The van der Waals surface area contributed by atoms with Crippen LogP contribution in [0.3, 0.4) is 0 Å². The van der Waals surface area contributed by atoms with Crippen molar-refractivity contribution in [1.29, 1.82) is 5.41 Å². The first kappa shape index (κ1) is 78.0. The Labute approximate surface area is 655 Å². The molecular formula is C102H113NO7. The van der Waals surface area contributed by atoms with Gasteiger partial charge in [0, 0.05) is 49.7 Å². The van der Waals surface area contributed by atoms with Crippen LogP contribution >= 0.6 is 0 Å². The zero-order valence-corrected chi connectivity index (χ0v) is 68.5. The Morgan fingerprint density at radius 3 is 0.655 bits per heavy atom. The van der Waals surface area contributed by atoms with Gasteiger partial charge in [0.15, 0.2) is 5.78 Å². The first-order chi connectivity index (χ1) is 52.0. The lowest BCUT2D eigenvalue weighted by Crippen LogP contribution is -2.23. The van der Waals surface area contributed by atoms with Gasteiger partial charge in [-0.1, -0.05) is 319 Å². The summed E-state index contributed by atoms with van der Waals surface area (Å²) < 4.78 is 45.5. The zero-order chi connectivity index (χ0) is 78.2. The standard InChI is InChI=1S/C102H113NO7/c1-97(2,3)83-45-69-39-70-46-84(98(4,5)6)50-74(92(70)106-60-66-33-25-20-26-34-66)42-79-55-88(102(16,17)18)56-80-44-76-52-86(100(10,11)12)48-72(94(76)108-62-68-37-29-22-30-38-68)40-71-47-85(99(7,8)9)51-75(93(71)107-61-67-35-27-21-28-36-67)43-78-54-87(101(13,14)15)53-77(41-73(49-83)91(69)105-59-65-31-23-19-24-32-65)95(78)109-63-81-57-89(104)58-82(90(81)103)64-110-96(79)80/h19-38,45-58,103H,39-44,59-64H2,1-18H3. The molecule has 0 atom stereocenters. The molecule has 110 heavy (non-hydrogen) atoms. The first-order valence-corrected chi connectivity index (χ1v) is 39.5. The lowest BCUT2D eigenvalue weighted by Gasteiger charge is -2.30. The summed E-state index contributed by atoms with van der Waals surface area (Å²) in [4.78, 5) is 14.7. The number of rotatable bonds is 12. The van der Waals surface area contributed by atoms with E-state index < -0.39 is 0 Å². The predicted molar refractivity (Wildman–Crippen MR) is 451 cm³/mol. The third-order valence-electron chi connectivity index (χ3n) is 21.9. The topological polar surface area (TPSA) is 96.3 Å². The van der Waals surface area contributed by atoms with Crippen LogP contribution in [0.2, 0.25) is 0 Å². The maximum Gasteiger partial charge on any atom is 0.179 e. The normalized spacial score (nSPS) is 14.4. The van der Waals surface area contributed by atoms with Gasteiger partial charge in [-0.3, -0.25) is 4.79 Å². The fraction of sp³-hybridized carbons (Fsp3) is 0.353. The van der Waals surface area contributed by atoms with Crippen molar-refractivity contribution in [1.82, 2.24) is 0 Å². The molecule has 12 bridgehead atoms. The quantitative estimate of drug-likeness (QED) is 0.122. The lowest BCUT2D eigenvalue weighted by atomic mass is 9.79. The van der Waals surface area contributed by atoms with Crippen molar-refractivity contribution in [3.8, 4) is 34.5 Å². The summed E-state index contributed by atoms with van der Waals surface area (Å²) in [6.07, 6.45) is 5.75. The highest BCUT2D eigenvalue weighted by Crippen LogP contribution is 2.48. The molecule has 0 aromatic heterocycles. The van der Waals surface area contributed by atoms with Crippen molar-refractivity contribution in [2.75, 3.05) is 13.2 Å². The van der Waals surface area contributed by atoms with E-state index in [1.165, 1.54) is 22.3 Å². The number of carbonyl (C=O) groups is 1. The van der Waals surface area contributed by atoms with Gasteiger partial charge in [0.05, 0.1) is 5.71 Å². The first-order valence-electron chi connectivity index (χ1n) is 39.5. The van der Waals surface area contributed by atoms with Crippen LogP contribution < -0.4 is 28.4 Å². The highest BCUT2D eigenvalue weighted by molar-refractivity contribution is 6.21. The molecule has 568 valence electrons. The summed E-state index contributed by atoms with van der Waals surface area (Å²) in [6.45, 7) is 42.5. The van der Waals surface area contributed by atoms with E-state index in [2.05, 4.69) is 319 Å². The summed E-state index contributed by atoms with van der Waals surface area (Å²) in [5.74, 6) is 4.33. The minimum absolute atomic E-state index is 0.0596. The number of hydrogen-bond donors (Lipinski definition) is 1. The van der Waals surface area contributed by atoms with Gasteiger partial charge >= 0.3 is 0 Å². The van der Waals surface area contributed by atoms with E-state index in [0.717, 1.165) is 123 Å². The van der Waals surface area contributed by atoms with Gasteiger partial charge in [0.25, 0.3) is 0 Å². The monoisotopic (exact) mass is 1460 g/mol. The average molecular weight is 1470 g/mol. The van der Waals surface area contributed by atoms with Gasteiger partial charge in [-0.15, -0.1) is 0 Å². The number of ether oxygens (including phenoxy) is 6. The van der Waals surface area contributed by atoms with Crippen LogP contribution in [0.15, 0.2) is 217 Å². The Balaban J connectivity index is 1.21. The molecule has 13 rings (SSSR count). The smallest absolute Gasteiger partial charge is 0.179 e. The Morgan fingerprint density at radius 1 is 0.282 bits per heavy atom.